The van der Waals surface area contributed by atoms with Crippen molar-refractivity contribution in [1.29, 1.82) is 0 Å². The van der Waals surface area contributed by atoms with Crippen molar-refractivity contribution in [1.82, 2.24) is 0 Å². The van der Waals surface area contributed by atoms with E-state index in [1.54, 1.807) is 0 Å². The molecule has 14 heavy (non-hydrogen) atoms. The van der Waals surface area contributed by atoms with Crippen LogP contribution in [-0.2, 0) is 0 Å². The number of nitrogens with two attached hydrogens (primary N) is 1. The minimum atomic E-state index is -0.156. The highest BCUT2D eigenvalue weighted by atomic mass is 16.5. The molecule has 0 spiro atoms. The van der Waals surface area contributed by atoms with Gasteiger partial charge in [-0.3, -0.25) is 0 Å². The fraction of sp³-hybridized carbons (Fsp3) is 0.500. The Morgan fingerprint density at radius 3 is 2.43 bits per heavy atom. The Bertz CT molecular complexity index is 299. The first-order chi connectivity index (χ1) is 6.38. The zero-order valence-electron chi connectivity index (χ0n) is 9.37. The maximum Gasteiger partial charge on any atom is 0.120 e. The summed E-state index contributed by atoms with van der Waals surface area (Å²) in [5.74, 6) is 0.882. The number of rotatable bonds is 2. The van der Waals surface area contributed by atoms with Gasteiger partial charge in [-0.25, -0.2) is 0 Å². The van der Waals surface area contributed by atoms with E-state index in [2.05, 4.69) is 0 Å². The van der Waals surface area contributed by atoms with Gasteiger partial charge in [-0.2, -0.15) is 0 Å². The Morgan fingerprint density at radius 1 is 1.29 bits per heavy atom. The Kier molecular flexibility index (Phi) is 3.17. The molecule has 0 radical (unpaired) electrons. The third-order valence-electron chi connectivity index (χ3n) is 1.81. The maximum atomic E-state index is 5.79. The van der Waals surface area contributed by atoms with Gasteiger partial charge in [0.25, 0.3) is 0 Å². The standard InChI is InChI=1S/C12H19NO/c1-9(13)10-6-5-7-11(8-10)14-12(2,3)4/h5-9H,13H2,1-4H3/t9-/m0/s1. The predicted molar refractivity (Wildman–Crippen MR) is 59.4 cm³/mol. The number of ether oxygens (including phenoxy) is 1. The molecule has 1 aromatic rings. The molecule has 1 atom stereocenters. The van der Waals surface area contributed by atoms with Gasteiger partial charge in [0.2, 0.25) is 0 Å². The van der Waals surface area contributed by atoms with E-state index in [0.29, 0.717) is 0 Å². The molecule has 1 rings (SSSR count). The molecule has 0 aromatic heterocycles. The lowest BCUT2D eigenvalue weighted by Gasteiger charge is -2.21. The second kappa shape index (κ2) is 4.01. The van der Waals surface area contributed by atoms with Gasteiger partial charge in [0.1, 0.15) is 11.4 Å². The third-order valence-corrected chi connectivity index (χ3v) is 1.81. The predicted octanol–water partition coefficient (Wildman–Crippen LogP) is 2.88. The zero-order valence-corrected chi connectivity index (χ0v) is 9.37. The van der Waals surface area contributed by atoms with Crippen molar-refractivity contribution in [2.24, 2.45) is 5.73 Å². The van der Waals surface area contributed by atoms with Crippen LogP contribution in [0.4, 0.5) is 0 Å². The Morgan fingerprint density at radius 2 is 1.93 bits per heavy atom. The second-order valence-electron chi connectivity index (χ2n) is 4.58. The van der Waals surface area contributed by atoms with Crippen LogP contribution in [0.5, 0.6) is 5.75 Å². The van der Waals surface area contributed by atoms with Crippen molar-refractivity contribution >= 4 is 0 Å². The van der Waals surface area contributed by atoms with E-state index in [-0.39, 0.29) is 11.6 Å². The van der Waals surface area contributed by atoms with Gasteiger partial charge in [-0.05, 0) is 45.4 Å². The molecule has 0 fully saturated rings. The molecular formula is C12H19NO. The molecule has 2 nitrogen and oxygen atoms in total. The SMILES string of the molecule is C[C@H](N)c1cccc(OC(C)(C)C)c1. The van der Waals surface area contributed by atoms with Gasteiger partial charge >= 0.3 is 0 Å². The van der Waals surface area contributed by atoms with E-state index in [1.807, 2.05) is 52.0 Å². The summed E-state index contributed by atoms with van der Waals surface area (Å²) < 4.78 is 5.74. The molecule has 0 unspecified atom stereocenters. The zero-order chi connectivity index (χ0) is 10.8. The van der Waals surface area contributed by atoms with Crippen LogP contribution in [0.3, 0.4) is 0 Å². The third kappa shape index (κ3) is 3.38. The summed E-state index contributed by atoms with van der Waals surface area (Å²) in [6, 6.07) is 7.99. The molecule has 0 amide bonds. The quantitative estimate of drug-likeness (QED) is 0.783. The van der Waals surface area contributed by atoms with Gasteiger partial charge in [-0.15, -0.1) is 0 Å². The molecule has 0 saturated heterocycles. The van der Waals surface area contributed by atoms with Crippen LogP contribution in [0.2, 0.25) is 0 Å². The van der Waals surface area contributed by atoms with Crippen molar-refractivity contribution in [3.05, 3.63) is 29.8 Å². The van der Waals surface area contributed by atoms with Gasteiger partial charge in [-0.1, -0.05) is 12.1 Å². The Balaban J connectivity index is 2.84. The van der Waals surface area contributed by atoms with Crippen LogP contribution in [-0.4, -0.2) is 5.60 Å². The first-order valence-corrected chi connectivity index (χ1v) is 4.93. The van der Waals surface area contributed by atoms with E-state index in [0.717, 1.165) is 11.3 Å². The molecule has 0 aliphatic rings. The minimum absolute atomic E-state index is 0.0542. The summed E-state index contributed by atoms with van der Waals surface area (Å²) in [4.78, 5) is 0. The molecule has 0 aliphatic carbocycles. The highest BCUT2D eigenvalue weighted by Crippen LogP contribution is 2.21. The molecule has 2 N–H and O–H groups in total. The van der Waals surface area contributed by atoms with Crippen molar-refractivity contribution in [2.75, 3.05) is 0 Å². The van der Waals surface area contributed by atoms with Crippen LogP contribution < -0.4 is 10.5 Å². The Labute approximate surface area is 86.1 Å². The smallest absolute Gasteiger partial charge is 0.120 e. The van der Waals surface area contributed by atoms with Crippen LogP contribution in [0.1, 0.15) is 39.3 Å². The fourth-order valence-electron chi connectivity index (χ4n) is 1.21. The second-order valence-corrected chi connectivity index (χ2v) is 4.58. The summed E-state index contributed by atoms with van der Waals surface area (Å²) in [7, 11) is 0. The van der Waals surface area contributed by atoms with Crippen LogP contribution in [0, 0.1) is 0 Å². The molecule has 78 valence electrons. The molecule has 2 heteroatoms. The largest absolute Gasteiger partial charge is 0.488 e. The summed E-state index contributed by atoms with van der Waals surface area (Å²) >= 11 is 0. The van der Waals surface area contributed by atoms with Gasteiger partial charge in [0.05, 0.1) is 0 Å². The molecule has 0 aliphatic heterocycles. The van der Waals surface area contributed by atoms with E-state index >= 15 is 0 Å². The van der Waals surface area contributed by atoms with Gasteiger partial charge in [0, 0.05) is 6.04 Å². The first kappa shape index (κ1) is 11.1. The van der Waals surface area contributed by atoms with Crippen molar-refractivity contribution in [3.8, 4) is 5.75 Å². The fourth-order valence-corrected chi connectivity index (χ4v) is 1.21. The maximum absolute atomic E-state index is 5.79. The lowest BCUT2D eigenvalue weighted by Crippen LogP contribution is -2.23. The lowest BCUT2D eigenvalue weighted by molar-refractivity contribution is 0.131. The molecule has 0 bridgehead atoms. The van der Waals surface area contributed by atoms with E-state index in [9.17, 15) is 0 Å². The highest BCUT2D eigenvalue weighted by molar-refractivity contribution is 5.30. The van der Waals surface area contributed by atoms with Crippen molar-refractivity contribution in [3.63, 3.8) is 0 Å². The average molecular weight is 193 g/mol. The van der Waals surface area contributed by atoms with E-state index < -0.39 is 0 Å². The minimum Gasteiger partial charge on any atom is -0.488 e. The number of benzene rings is 1. The molecule has 0 heterocycles. The van der Waals surface area contributed by atoms with Crippen LogP contribution in [0.15, 0.2) is 24.3 Å². The monoisotopic (exact) mass is 193 g/mol. The van der Waals surface area contributed by atoms with E-state index in [4.69, 9.17) is 10.5 Å². The normalized spacial score (nSPS) is 13.8. The van der Waals surface area contributed by atoms with E-state index in [1.165, 1.54) is 0 Å². The molecule has 0 saturated carbocycles. The summed E-state index contributed by atoms with van der Waals surface area (Å²) in [6.07, 6.45) is 0. The summed E-state index contributed by atoms with van der Waals surface area (Å²) in [5.41, 5.74) is 6.74. The van der Waals surface area contributed by atoms with Crippen molar-refractivity contribution in [2.45, 2.75) is 39.3 Å². The first-order valence-electron chi connectivity index (χ1n) is 4.93. The lowest BCUT2D eigenvalue weighted by atomic mass is 10.1. The summed E-state index contributed by atoms with van der Waals surface area (Å²) in [5, 5.41) is 0. The molecule has 1 aromatic carbocycles. The Hall–Kier alpha value is -1.02. The average Bonchev–Trinajstić information content (AvgIpc) is 2.01. The van der Waals surface area contributed by atoms with Gasteiger partial charge in [0.15, 0.2) is 0 Å². The molecular weight excluding hydrogens is 174 g/mol. The van der Waals surface area contributed by atoms with Crippen molar-refractivity contribution < 1.29 is 4.74 Å². The van der Waals surface area contributed by atoms with Gasteiger partial charge < -0.3 is 10.5 Å². The van der Waals surface area contributed by atoms with Crippen LogP contribution in [0.25, 0.3) is 0 Å². The number of hydrogen-bond acceptors (Lipinski definition) is 2. The van der Waals surface area contributed by atoms with Crippen LogP contribution >= 0.6 is 0 Å². The summed E-state index contributed by atoms with van der Waals surface area (Å²) in [6.45, 7) is 8.07. The number of hydrogen-bond donors (Lipinski definition) is 1. The highest BCUT2D eigenvalue weighted by Gasteiger charge is 2.12. The topological polar surface area (TPSA) is 35.2 Å².